The van der Waals surface area contributed by atoms with Crippen LogP contribution < -0.4 is 20.5 Å². The van der Waals surface area contributed by atoms with E-state index in [-0.39, 0.29) is 24.4 Å². The Balaban J connectivity index is 0.00000312. The minimum Gasteiger partial charge on any atom is -0.492 e. The van der Waals surface area contributed by atoms with Crippen molar-refractivity contribution in [3.63, 3.8) is 0 Å². The smallest absolute Gasteiger partial charge is 0.255 e. The number of anilines is 1. The molecule has 0 saturated carbocycles. The van der Waals surface area contributed by atoms with Crippen molar-refractivity contribution in [1.82, 2.24) is 4.98 Å². The van der Waals surface area contributed by atoms with E-state index < -0.39 is 0 Å². The summed E-state index contributed by atoms with van der Waals surface area (Å²) in [6.07, 6.45) is 2.49. The molecule has 25 heavy (non-hydrogen) atoms. The highest BCUT2D eigenvalue weighted by molar-refractivity contribution is 6.04. The maximum Gasteiger partial charge on any atom is 0.255 e. The molecule has 2 rings (SSSR count). The number of hydrogen-bond acceptors (Lipinski definition) is 5. The van der Waals surface area contributed by atoms with Crippen LogP contribution in [0.4, 0.5) is 5.69 Å². The van der Waals surface area contributed by atoms with Crippen LogP contribution in [0.2, 0.25) is 0 Å². The van der Waals surface area contributed by atoms with E-state index in [9.17, 15) is 4.79 Å². The topological polar surface area (TPSA) is 86.5 Å². The van der Waals surface area contributed by atoms with Crippen molar-refractivity contribution >= 4 is 24.0 Å². The SMILES string of the molecule is CCC(C)Oc1cc(C(=O)Nc2ccc(OCCN)cc2)ccn1.Cl. The summed E-state index contributed by atoms with van der Waals surface area (Å²) in [5, 5.41) is 2.83. The lowest BCUT2D eigenvalue weighted by Crippen LogP contribution is -2.14. The maximum absolute atomic E-state index is 12.3. The van der Waals surface area contributed by atoms with Gasteiger partial charge in [0.2, 0.25) is 5.88 Å². The molecule has 0 saturated heterocycles. The van der Waals surface area contributed by atoms with Crippen molar-refractivity contribution in [3.05, 3.63) is 48.2 Å². The van der Waals surface area contributed by atoms with Gasteiger partial charge in [0.25, 0.3) is 5.91 Å². The minimum absolute atomic E-state index is 0. The molecule has 2 aromatic rings. The van der Waals surface area contributed by atoms with Crippen molar-refractivity contribution in [2.75, 3.05) is 18.5 Å². The van der Waals surface area contributed by atoms with Gasteiger partial charge >= 0.3 is 0 Å². The molecule has 0 spiro atoms. The zero-order chi connectivity index (χ0) is 17.4. The second kappa shape index (κ2) is 10.5. The molecule has 0 bridgehead atoms. The molecule has 0 radical (unpaired) electrons. The second-order valence-corrected chi connectivity index (χ2v) is 5.34. The molecule has 7 heteroatoms. The molecule has 6 nitrogen and oxygen atoms in total. The van der Waals surface area contributed by atoms with E-state index in [0.717, 1.165) is 6.42 Å². The average molecular weight is 366 g/mol. The molecule has 1 aromatic carbocycles. The van der Waals surface area contributed by atoms with Gasteiger partial charge in [0.15, 0.2) is 0 Å². The molecule has 1 atom stereocenters. The number of nitrogens with two attached hydrogens (primary N) is 1. The third-order valence-electron chi connectivity index (χ3n) is 3.39. The predicted molar refractivity (Wildman–Crippen MR) is 101 cm³/mol. The van der Waals surface area contributed by atoms with Crippen LogP contribution in [0.3, 0.4) is 0 Å². The summed E-state index contributed by atoms with van der Waals surface area (Å²) in [6, 6.07) is 10.4. The van der Waals surface area contributed by atoms with Gasteiger partial charge in [0.05, 0.1) is 6.10 Å². The number of benzene rings is 1. The van der Waals surface area contributed by atoms with E-state index in [0.29, 0.717) is 36.0 Å². The first kappa shape index (κ1) is 20.7. The number of amides is 1. The summed E-state index contributed by atoms with van der Waals surface area (Å²) in [6.45, 7) is 4.91. The highest BCUT2D eigenvalue weighted by Gasteiger charge is 2.09. The highest BCUT2D eigenvalue weighted by atomic mass is 35.5. The molecule has 3 N–H and O–H groups in total. The number of rotatable bonds is 8. The molecule has 1 amide bonds. The van der Waals surface area contributed by atoms with E-state index >= 15 is 0 Å². The Hall–Kier alpha value is -2.31. The number of pyridine rings is 1. The van der Waals surface area contributed by atoms with Gasteiger partial charge in [-0.05, 0) is 43.7 Å². The second-order valence-electron chi connectivity index (χ2n) is 5.34. The molecule has 1 unspecified atom stereocenters. The lowest BCUT2D eigenvalue weighted by molar-refractivity contribution is 0.102. The van der Waals surface area contributed by atoms with Crippen LogP contribution in [0.15, 0.2) is 42.6 Å². The fraction of sp³-hybridized carbons (Fsp3) is 0.333. The van der Waals surface area contributed by atoms with Crippen molar-refractivity contribution < 1.29 is 14.3 Å². The number of aromatic nitrogens is 1. The fourth-order valence-electron chi connectivity index (χ4n) is 1.92. The van der Waals surface area contributed by atoms with Gasteiger partial charge in [0.1, 0.15) is 12.4 Å². The Morgan fingerprint density at radius 1 is 1.28 bits per heavy atom. The lowest BCUT2D eigenvalue weighted by Gasteiger charge is -2.12. The number of carbonyl (C=O) groups is 1. The van der Waals surface area contributed by atoms with Crippen LogP contribution >= 0.6 is 12.4 Å². The first-order valence-corrected chi connectivity index (χ1v) is 7.99. The Labute approximate surface area is 154 Å². The van der Waals surface area contributed by atoms with Crippen molar-refractivity contribution in [3.8, 4) is 11.6 Å². The Kier molecular flexibility index (Phi) is 8.74. The van der Waals surface area contributed by atoms with Crippen LogP contribution in [-0.4, -0.2) is 30.1 Å². The van der Waals surface area contributed by atoms with E-state index in [1.54, 1.807) is 42.6 Å². The number of nitrogens with zero attached hydrogens (tertiary/aromatic N) is 1. The standard InChI is InChI=1S/C18H23N3O3.ClH/c1-3-13(2)24-17-12-14(8-10-20-17)18(22)21-15-4-6-16(7-5-15)23-11-9-19;/h4-8,10,12-13H,3,9,11,19H2,1-2H3,(H,21,22);1H. The summed E-state index contributed by atoms with van der Waals surface area (Å²) >= 11 is 0. The molecule has 0 aliphatic carbocycles. The van der Waals surface area contributed by atoms with Crippen LogP contribution in [0, 0.1) is 0 Å². The van der Waals surface area contributed by atoms with E-state index in [2.05, 4.69) is 10.3 Å². The van der Waals surface area contributed by atoms with Crippen LogP contribution in [0.25, 0.3) is 0 Å². The number of carbonyl (C=O) groups excluding carboxylic acids is 1. The quantitative estimate of drug-likeness (QED) is 0.749. The monoisotopic (exact) mass is 365 g/mol. The van der Waals surface area contributed by atoms with Crippen LogP contribution in [-0.2, 0) is 0 Å². The van der Waals surface area contributed by atoms with Gasteiger partial charge in [-0.2, -0.15) is 0 Å². The molecule has 0 aliphatic heterocycles. The van der Waals surface area contributed by atoms with Gasteiger partial charge in [0, 0.05) is 30.1 Å². The molecule has 0 fully saturated rings. The van der Waals surface area contributed by atoms with E-state index in [4.69, 9.17) is 15.2 Å². The Morgan fingerprint density at radius 2 is 2.00 bits per heavy atom. The minimum atomic E-state index is -0.220. The molecule has 0 aliphatic rings. The molecule has 1 aromatic heterocycles. The van der Waals surface area contributed by atoms with Crippen LogP contribution in [0.5, 0.6) is 11.6 Å². The largest absolute Gasteiger partial charge is 0.492 e. The molecule has 136 valence electrons. The summed E-state index contributed by atoms with van der Waals surface area (Å²) in [4.78, 5) is 16.5. The van der Waals surface area contributed by atoms with Gasteiger partial charge in [-0.1, -0.05) is 6.92 Å². The number of ether oxygens (including phenoxy) is 2. The number of hydrogen-bond donors (Lipinski definition) is 2. The Morgan fingerprint density at radius 3 is 2.64 bits per heavy atom. The normalized spacial score (nSPS) is 11.2. The van der Waals surface area contributed by atoms with Gasteiger partial charge < -0.3 is 20.5 Å². The first-order valence-electron chi connectivity index (χ1n) is 7.99. The summed E-state index contributed by atoms with van der Waals surface area (Å²) < 4.78 is 11.0. The number of nitrogens with one attached hydrogen (secondary N) is 1. The fourth-order valence-corrected chi connectivity index (χ4v) is 1.92. The van der Waals surface area contributed by atoms with Crippen LogP contribution in [0.1, 0.15) is 30.6 Å². The van der Waals surface area contributed by atoms with Crippen molar-refractivity contribution in [2.45, 2.75) is 26.4 Å². The highest BCUT2D eigenvalue weighted by Crippen LogP contribution is 2.18. The van der Waals surface area contributed by atoms with E-state index in [1.165, 1.54) is 0 Å². The zero-order valence-electron chi connectivity index (χ0n) is 14.4. The molecular weight excluding hydrogens is 342 g/mol. The van der Waals surface area contributed by atoms with Gasteiger partial charge in [-0.15, -0.1) is 12.4 Å². The third-order valence-corrected chi connectivity index (χ3v) is 3.39. The summed E-state index contributed by atoms with van der Waals surface area (Å²) in [7, 11) is 0. The average Bonchev–Trinajstić information content (AvgIpc) is 2.61. The maximum atomic E-state index is 12.3. The van der Waals surface area contributed by atoms with Gasteiger partial charge in [-0.3, -0.25) is 4.79 Å². The molecule has 1 heterocycles. The van der Waals surface area contributed by atoms with E-state index in [1.807, 2.05) is 13.8 Å². The predicted octanol–water partition coefficient (Wildman–Crippen LogP) is 3.27. The lowest BCUT2D eigenvalue weighted by atomic mass is 10.2. The van der Waals surface area contributed by atoms with Crippen molar-refractivity contribution in [1.29, 1.82) is 0 Å². The Bertz CT molecular complexity index is 665. The molecular formula is C18H24ClN3O3. The van der Waals surface area contributed by atoms with Gasteiger partial charge in [-0.25, -0.2) is 4.98 Å². The van der Waals surface area contributed by atoms with Crippen molar-refractivity contribution in [2.24, 2.45) is 5.73 Å². The summed E-state index contributed by atoms with van der Waals surface area (Å²) in [5.74, 6) is 0.941. The first-order chi connectivity index (χ1) is 11.6. The summed E-state index contributed by atoms with van der Waals surface area (Å²) in [5.41, 5.74) is 6.56. The zero-order valence-corrected chi connectivity index (χ0v) is 15.2. The number of halogens is 1. The third kappa shape index (κ3) is 6.60.